The van der Waals surface area contributed by atoms with E-state index < -0.39 is 0 Å². The number of ketones is 1. The molecule has 5 heteroatoms. The van der Waals surface area contributed by atoms with Gasteiger partial charge < -0.3 is 15.2 Å². The zero-order valence-electron chi connectivity index (χ0n) is 15.3. The molecule has 4 rings (SSSR count). The maximum absolute atomic E-state index is 12.8. The van der Waals surface area contributed by atoms with Crippen LogP contribution in [0.2, 0.25) is 0 Å². The second kappa shape index (κ2) is 7.16. The molecule has 2 aromatic rings. The molecule has 27 heavy (non-hydrogen) atoms. The van der Waals surface area contributed by atoms with Crippen molar-refractivity contribution in [2.75, 3.05) is 6.61 Å². The van der Waals surface area contributed by atoms with Crippen LogP contribution >= 0.6 is 0 Å². The Hall–Kier alpha value is -2.66. The van der Waals surface area contributed by atoms with Crippen molar-refractivity contribution in [2.24, 2.45) is 5.92 Å². The first-order valence-corrected chi connectivity index (χ1v) is 9.37. The number of rotatable bonds is 5. The van der Waals surface area contributed by atoms with E-state index in [1.54, 1.807) is 24.3 Å². The Morgan fingerprint density at radius 2 is 1.81 bits per heavy atom. The summed E-state index contributed by atoms with van der Waals surface area (Å²) < 4.78 is 5.58. The van der Waals surface area contributed by atoms with Crippen LogP contribution in [0.4, 0.5) is 0 Å². The third-order valence-electron chi connectivity index (χ3n) is 5.53. The van der Waals surface area contributed by atoms with Crippen LogP contribution in [0.1, 0.15) is 57.7 Å². The van der Waals surface area contributed by atoms with Crippen LogP contribution in [0.3, 0.4) is 0 Å². The highest BCUT2D eigenvalue weighted by molar-refractivity contribution is 5.97. The highest BCUT2D eigenvalue weighted by atomic mass is 16.5. The van der Waals surface area contributed by atoms with E-state index in [1.165, 1.54) is 6.92 Å². The van der Waals surface area contributed by atoms with E-state index in [-0.39, 0.29) is 29.8 Å². The first-order valence-electron chi connectivity index (χ1n) is 9.37. The van der Waals surface area contributed by atoms with Gasteiger partial charge in [0.25, 0.3) is 5.91 Å². The molecule has 0 spiro atoms. The summed E-state index contributed by atoms with van der Waals surface area (Å²) in [5, 5.41) is 12.9. The number of carbonyl (C=O) groups excluding carboxylic acids is 2. The van der Waals surface area contributed by atoms with Crippen LogP contribution in [0.5, 0.6) is 5.75 Å². The van der Waals surface area contributed by atoms with E-state index >= 15 is 0 Å². The summed E-state index contributed by atoms with van der Waals surface area (Å²) in [5.74, 6) is 0.926. The van der Waals surface area contributed by atoms with Crippen LogP contribution in [-0.2, 0) is 6.42 Å². The van der Waals surface area contributed by atoms with Crippen molar-refractivity contribution in [3.8, 4) is 5.75 Å². The fourth-order valence-corrected chi connectivity index (χ4v) is 3.86. The van der Waals surface area contributed by atoms with Gasteiger partial charge in [-0.1, -0.05) is 18.2 Å². The van der Waals surface area contributed by atoms with E-state index in [9.17, 15) is 14.7 Å². The molecule has 0 radical (unpaired) electrons. The molecule has 1 aliphatic carbocycles. The standard InChI is InChI=1S/C22H23NO4/c1-13(24)14-2-4-15(5-3-14)22(26)23-21(18-11-19(25)12-18)17-6-7-20-16(10-17)8-9-27-20/h2-7,10,18-19,21,25H,8-9,11-12H2,1H3,(H,23,26)/t18?,19?,21-/m1/s1. The van der Waals surface area contributed by atoms with Gasteiger partial charge in [0.15, 0.2) is 5.78 Å². The molecule has 0 saturated heterocycles. The predicted molar refractivity (Wildman–Crippen MR) is 101 cm³/mol. The number of aliphatic hydroxyl groups is 1. The lowest BCUT2D eigenvalue weighted by atomic mass is 9.74. The minimum atomic E-state index is -0.290. The van der Waals surface area contributed by atoms with Crippen molar-refractivity contribution in [1.29, 1.82) is 0 Å². The smallest absolute Gasteiger partial charge is 0.251 e. The molecule has 1 heterocycles. The number of ether oxygens (including phenoxy) is 1. The number of hydrogen-bond acceptors (Lipinski definition) is 4. The van der Waals surface area contributed by atoms with Crippen molar-refractivity contribution < 1.29 is 19.4 Å². The Bertz CT molecular complexity index is 868. The Kier molecular flexibility index (Phi) is 4.70. The summed E-state index contributed by atoms with van der Waals surface area (Å²) in [6.07, 6.45) is 1.95. The first kappa shape index (κ1) is 17.7. The summed E-state index contributed by atoms with van der Waals surface area (Å²) in [4.78, 5) is 24.2. The zero-order chi connectivity index (χ0) is 19.0. The number of nitrogens with one attached hydrogen (secondary N) is 1. The summed E-state index contributed by atoms with van der Waals surface area (Å²) in [6, 6.07) is 12.6. The number of carbonyl (C=O) groups is 2. The third kappa shape index (κ3) is 3.60. The summed E-state index contributed by atoms with van der Waals surface area (Å²) in [6.45, 7) is 2.20. The van der Waals surface area contributed by atoms with Gasteiger partial charge in [0.1, 0.15) is 5.75 Å². The van der Waals surface area contributed by atoms with Crippen molar-refractivity contribution in [3.63, 3.8) is 0 Å². The predicted octanol–water partition coefficient (Wildman–Crippen LogP) is 3.07. The first-order chi connectivity index (χ1) is 13.0. The third-order valence-corrected chi connectivity index (χ3v) is 5.53. The average molecular weight is 365 g/mol. The molecular formula is C22H23NO4. The van der Waals surface area contributed by atoms with Crippen LogP contribution in [0.15, 0.2) is 42.5 Å². The van der Waals surface area contributed by atoms with Crippen LogP contribution < -0.4 is 10.1 Å². The zero-order valence-corrected chi connectivity index (χ0v) is 15.3. The van der Waals surface area contributed by atoms with Gasteiger partial charge in [0.2, 0.25) is 0 Å². The maximum atomic E-state index is 12.8. The van der Waals surface area contributed by atoms with Gasteiger partial charge in [-0.15, -0.1) is 0 Å². The quantitative estimate of drug-likeness (QED) is 0.799. The molecule has 5 nitrogen and oxygen atoms in total. The highest BCUT2D eigenvalue weighted by Crippen LogP contribution is 2.40. The van der Waals surface area contributed by atoms with Gasteiger partial charge >= 0.3 is 0 Å². The largest absolute Gasteiger partial charge is 0.493 e. The van der Waals surface area contributed by atoms with Gasteiger partial charge in [0.05, 0.1) is 18.8 Å². The molecule has 0 bridgehead atoms. The Balaban J connectivity index is 1.56. The number of benzene rings is 2. The van der Waals surface area contributed by atoms with Crippen molar-refractivity contribution in [1.82, 2.24) is 5.32 Å². The molecule has 140 valence electrons. The molecule has 1 saturated carbocycles. The van der Waals surface area contributed by atoms with Crippen LogP contribution in [0.25, 0.3) is 0 Å². The highest BCUT2D eigenvalue weighted by Gasteiger charge is 2.36. The second-order valence-corrected chi connectivity index (χ2v) is 7.44. The lowest BCUT2D eigenvalue weighted by Crippen LogP contribution is -2.41. The van der Waals surface area contributed by atoms with Gasteiger partial charge in [0, 0.05) is 17.5 Å². The molecular weight excluding hydrogens is 342 g/mol. The topological polar surface area (TPSA) is 75.6 Å². The van der Waals surface area contributed by atoms with E-state index in [0.717, 1.165) is 23.3 Å². The monoisotopic (exact) mass is 365 g/mol. The minimum absolute atomic E-state index is 0.0244. The molecule has 1 atom stereocenters. The SMILES string of the molecule is CC(=O)c1ccc(C(=O)N[C@H](c2ccc3c(c2)CCO3)C2CC(O)C2)cc1. The number of Topliss-reactive ketones (excluding diaryl/α,β-unsaturated/α-hetero) is 1. The molecule has 2 N–H and O–H groups in total. The molecule has 0 unspecified atom stereocenters. The number of aliphatic hydroxyl groups excluding tert-OH is 1. The van der Waals surface area contributed by atoms with Crippen LogP contribution in [-0.4, -0.2) is 29.5 Å². The number of fused-ring (bicyclic) bond motifs is 1. The van der Waals surface area contributed by atoms with E-state index in [4.69, 9.17) is 4.74 Å². The van der Waals surface area contributed by atoms with E-state index in [0.29, 0.717) is 30.6 Å². The number of hydrogen-bond donors (Lipinski definition) is 2. The summed E-state index contributed by atoms with van der Waals surface area (Å²) in [5.41, 5.74) is 3.32. The van der Waals surface area contributed by atoms with Crippen molar-refractivity contribution in [3.05, 3.63) is 64.7 Å². The van der Waals surface area contributed by atoms with E-state index in [1.807, 2.05) is 12.1 Å². The normalized spacial score (nSPS) is 21.6. The molecule has 1 amide bonds. The molecule has 1 aliphatic heterocycles. The van der Waals surface area contributed by atoms with Gasteiger partial charge in [-0.3, -0.25) is 9.59 Å². The second-order valence-electron chi connectivity index (χ2n) is 7.44. The Labute approximate surface area is 158 Å². The minimum Gasteiger partial charge on any atom is -0.493 e. The average Bonchev–Trinajstić information content (AvgIpc) is 3.11. The lowest BCUT2D eigenvalue weighted by Gasteiger charge is -2.38. The molecule has 2 aliphatic rings. The van der Waals surface area contributed by atoms with Crippen LogP contribution in [0, 0.1) is 5.92 Å². The maximum Gasteiger partial charge on any atom is 0.251 e. The lowest BCUT2D eigenvalue weighted by molar-refractivity contribution is 0.0235. The fraction of sp³-hybridized carbons (Fsp3) is 0.364. The molecule has 2 aromatic carbocycles. The molecule has 1 fully saturated rings. The fourth-order valence-electron chi connectivity index (χ4n) is 3.86. The summed E-state index contributed by atoms with van der Waals surface area (Å²) in [7, 11) is 0. The Morgan fingerprint density at radius 3 is 2.48 bits per heavy atom. The van der Waals surface area contributed by atoms with Crippen molar-refractivity contribution in [2.45, 2.75) is 38.3 Å². The van der Waals surface area contributed by atoms with Gasteiger partial charge in [-0.05, 0) is 61.1 Å². The van der Waals surface area contributed by atoms with Gasteiger partial charge in [-0.25, -0.2) is 0 Å². The van der Waals surface area contributed by atoms with E-state index in [2.05, 4.69) is 11.4 Å². The summed E-state index contributed by atoms with van der Waals surface area (Å²) >= 11 is 0. The van der Waals surface area contributed by atoms with Gasteiger partial charge in [-0.2, -0.15) is 0 Å². The Morgan fingerprint density at radius 1 is 1.11 bits per heavy atom. The number of amides is 1. The van der Waals surface area contributed by atoms with Crippen molar-refractivity contribution >= 4 is 11.7 Å². The molecule has 0 aromatic heterocycles.